The molecule has 2 rings (SSSR count). The van der Waals surface area contributed by atoms with Gasteiger partial charge in [0, 0.05) is 17.7 Å². The van der Waals surface area contributed by atoms with Gasteiger partial charge in [-0.1, -0.05) is 17.7 Å². The van der Waals surface area contributed by atoms with Crippen molar-refractivity contribution in [2.45, 2.75) is 17.9 Å². The Balaban J connectivity index is 1.97. The highest BCUT2D eigenvalue weighted by Crippen LogP contribution is 2.22. The number of nitrogens with two attached hydrogens (primary N) is 1. The molecule has 1 unspecified atom stereocenters. The molecule has 17 heavy (non-hydrogen) atoms. The maximum atomic E-state index is 6.08. The van der Waals surface area contributed by atoms with Gasteiger partial charge in [0.1, 0.15) is 12.2 Å². The van der Waals surface area contributed by atoms with Gasteiger partial charge in [-0.25, -0.2) is 4.98 Å². The van der Waals surface area contributed by atoms with Gasteiger partial charge in [0.2, 0.25) is 0 Å². The van der Waals surface area contributed by atoms with Gasteiger partial charge >= 0.3 is 0 Å². The van der Waals surface area contributed by atoms with Crippen LogP contribution in [-0.4, -0.2) is 20.5 Å². The van der Waals surface area contributed by atoms with Gasteiger partial charge in [0.15, 0.2) is 0 Å². The van der Waals surface area contributed by atoms with Crippen LogP contribution in [0.4, 0.5) is 0 Å². The highest BCUT2D eigenvalue weighted by molar-refractivity contribution is 7.99. The lowest BCUT2D eigenvalue weighted by Crippen LogP contribution is -2.18. The van der Waals surface area contributed by atoms with E-state index in [-0.39, 0.29) is 6.04 Å². The van der Waals surface area contributed by atoms with E-state index in [2.05, 4.69) is 41.3 Å². The number of aromatic nitrogens is 3. The van der Waals surface area contributed by atoms with Crippen LogP contribution in [0.3, 0.4) is 0 Å². The zero-order valence-electron chi connectivity index (χ0n) is 10.00. The summed E-state index contributed by atoms with van der Waals surface area (Å²) in [5.74, 6) is 1.63. The molecule has 1 heterocycles. The van der Waals surface area contributed by atoms with Crippen molar-refractivity contribution < 1.29 is 0 Å². The van der Waals surface area contributed by atoms with Gasteiger partial charge in [-0.3, -0.25) is 4.68 Å². The zero-order chi connectivity index (χ0) is 12.3. The summed E-state index contributed by atoms with van der Waals surface area (Å²) in [6.45, 7) is 2.09. The van der Waals surface area contributed by atoms with Crippen molar-refractivity contribution in [1.82, 2.24) is 14.8 Å². The quantitative estimate of drug-likeness (QED) is 0.840. The molecule has 2 N–H and O–H groups in total. The van der Waals surface area contributed by atoms with Crippen molar-refractivity contribution in [2.75, 3.05) is 5.75 Å². The molecule has 0 bridgehead atoms. The molecular formula is C12H16N4S. The molecule has 0 aliphatic rings. The SMILES string of the molecule is Cc1cccc(SCC(N)c2ncnn2C)c1. The summed E-state index contributed by atoms with van der Waals surface area (Å²) in [5, 5.41) is 4.02. The van der Waals surface area contributed by atoms with E-state index in [9.17, 15) is 0 Å². The van der Waals surface area contributed by atoms with Crippen molar-refractivity contribution in [3.63, 3.8) is 0 Å². The molecule has 5 heteroatoms. The Morgan fingerprint density at radius 2 is 2.29 bits per heavy atom. The van der Waals surface area contributed by atoms with Gasteiger partial charge in [0.25, 0.3) is 0 Å². The molecule has 0 spiro atoms. The molecule has 0 saturated heterocycles. The first-order chi connectivity index (χ1) is 8.16. The fourth-order valence-corrected chi connectivity index (χ4v) is 2.57. The van der Waals surface area contributed by atoms with Crippen LogP contribution in [0.1, 0.15) is 17.4 Å². The minimum Gasteiger partial charge on any atom is -0.321 e. The van der Waals surface area contributed by atoms with Gasteiger partial charge in [-0.05, 0) is 19.1 Å². The summed E-state index contributed by atoms with van der Waals surface area (Å²) < 4.78 is 1.72. The highest BCUT2D eigenvalue weighted by atomic mass is 32.2. The lowest BCUT2D eigenvalue weighted by molar-refractivity contribution is 0.644. The van der Waals surface area contributed by atoms with Crippen LogP contribution in [0.25, 0.3) is 0 Å². The van der Waals surface area contributed by atoms with Crippen LogP contribution in [0.5, 0.6) is 0 Å². The molecule has 2 aromatic rings. The van der Waals surface area contributed by atoms with Crippen LogP contribution >= 0.6 is 11.8 Å². The average Bonchev–Trinajstić information content (AvgIpc) is 2.72. The van der Waals surface area contributed by atoms with Crippen LogP contribution in [0.2, 0.25) is 0 Å². The molecule has 90 valence electrons. The number of hydrogen-bond acceptors (Lipinski definition) is 4. The van der Waals surface area contributed by atoms with E-state index in [0.29, 0.717) is 0 Å². The van der Waals surface area contributed by atoms with Crippen LogP contribution in [0, 0.1) is 6.92 Å². The van der Waals surface area contributed by atoms with E-state index in [0.717, 1.165) is 11.6 Å². The van der Waals surface area contributed by atoms with E-state index < -0.39 is 0 Å². The smallest absolute Gasteiger partial charge is 0.144 e. The van der Waals surface area contributed by atoms with E-state index in [1.807, 2.05) is 7.05 Å². The average molecular weight is 248 g/mol. The molecule has 1 aromatic carbocycles. The number of rotatable bonds is 4. The fraction of sp³-hybridized carbons (Fsp3) is 0.333. The summed E-state index contributed by atoms with van der Waals surface area (Å²) in [5.41, 5.74) is 7.35. The Kier molecular flexibility index (Phi) is 3.81. The maximum Gasteiger partial charge on any atom is 0.144 e. The predicted octanol–water partition coefficient (Wildman–Crippen LogP) is 1.92. The second-order valence-corrected chi connectivity index (χ2v) is 5.07. The van der Waals surface area contributed by atoms with Crippen LogP contribution in [-0.2, 0) is 7.05 Å². The summed E-state index contributed by atoms with van der Waals surface area (Å²) in [6, 6.07) is 8.32. The van der Waals surface area contributed by atoms with Crippen molar-refractivity contribution >= 4 is 11.8 Å². The third kappa shape index (κ3) is 3.08. The largest absolute Gasteiger partial charge is 0.321 e. The summed E-state index contributed by atoms with van der Waals surface area (Å²) in [4.78, 5) is 5.40. The minimum atomic E-state index is -0.0898. The second-order valence-electron chi connectivity index (χ2n) is 3.98. The Labute approximate surface area is 105 Å². The van der Waals surface area contributed by atoms with E-state index in [1.165, 1.54) is 16.8 Å². The molecule has 0 aliphatic heterocycles. The van der Waals surface area contributed by atoms with E-state index >= 15 is 0 Å². The Morgan fingerprint density at radius 3 is 2.94 bits per heavy atom. The summed E-state index contributed by atoms with van der Waals surface area (Å²) in [6.07, 6.45) is 1.53. The lowest BCUT2D eigenvalue weighted by atomic mass is 10.2. The van der Waals surface area contributed by atoms with Gasteiger partial charge in [-0.15, -0.1) is 11.8 Å². The van der Waals surface area contributed by atoms with Crippen molar-refractivity contribution in [3.05, 3.63) is 42.0 Å². The molecular weight excluding hydrogens is 232 g/mol. The molecule has 1 aromatic heterocycles. The first-order valence-corrected chi connectivity index (χ1v) is 6.44. The highest BCUT2D eigenvalue weighted by Gasteiger charge is 2.11. The lowest BCUT2D eigenvalue weighted by Gasteiger charge is -2.10. The molecule has 0 saturated carbocycles. The van der Waals surface area contributed by atoms with Crippen LogP contribution < -0.4 is 5.73 Å². The predicted molar refractivity (Wildman–Crippen MR) is 69.8 cm³/mol. The van der Waals surface area contributed by atoms with Gasteiger partial charge in [0.05, 0.1) is 6.04 Å². The van der Waals surface area contributed by atoms with E-state index in [1.54, 1.807) is 16.4 Å². The first-order valence-electron chi connectivity index (χ1n) is 5.46. The number of hydrogen-bond donors (Lipinski definition) is 1. The number of benzene rings is 1. The number of thioether (sulfide) groups is 1. The van der Waals surface area contributed by atoms with Gasteiger partial charge < -0.3 is 5.73 Å². The maximum absolute atomic E-state index is 6.08. The molecule has 0 amide bonds. The molecule has 0 radical (unpaired) electrons. The number of aryl methyl sites for hydroxylation is 2. The van der Waals surface area contributed by atoms with Crippen molar-refractivity contribution in [2.24, 2.45) is 12.8 Å². The standard InChI is InChI=1S/C12H16N4S/c1-9-4-3-5-10(6-9)17-7-11(13)12-14-8-15-16(12)2/h3-6,8,11H,7,13H2,1-2H3. The summed E-state index contributed by atoms with van der Waals surface area (Å²) in [7, 11) is 1.86. The van der Waals surface area contributed by atoms with E-state index in [4.69, 9.17) is 5.73 Å². The Morgan fingerprint density at radius 1 is 1.47 bits per heavy atom. The molecule has 0 aliphatic carbocycles. The molecule has 0 fully saturated rings. The monoisotopic (exact) mass is 248 g/mol. The topological polar surface area (TPSA) is 56.7 Å². The van der Waals surface area contributed by atoms with Crippen LogP contribution in [0.15, 0.2) is 35.5 Å². The first kappa shape index (κ1) is 12.1. The Bertz CT molecular complexity index is 495. The fourth-order valence-electron chi connectivity index (χ4n) is 1.61. The molecule has 1 atom stereocenters. The summed E-state index contributed by atoms with van der Waals surface area (Å²) >= 11 is 1.74. The zero-order valence-corrected chi connectivity index (χ0v) is 10.8. The normalized spacial score (nSPS) is 12.6. The number of nitrogens with zero attached hydrogens (tertiary/aromatic N) is 3. The molecule has 4 nitrogen and oxygen atoms in total. The van der Waals surface area contributed by atoms with Crippen molar-refractivity contribution in [3.8, 4) is 0 Å². The third-order valence-electron chi connectivity index (χ3n) is 2.50. The Hall–Kier alpha value is -1.33. The van der Waals surface area contributed by atoms with Crippen molar-refractivity contribution in [1.29, 1.82) is 0 Å². The van der Waals surface area contributed by atoms with Gasteiger partial charge in [-0.2, -0.15) is 5.10 Å². The minimum absolute atomic E-state index is 0.0898. The third-order valence-corrected chi connectivity index (χ3v) is 3.61. The second kappa shape index (κ2) is 5.33.